The molecular weight excluding hydrogens is 214 g/mol. The Labute approximate surface area is 101 Å². The molecule has 1 aromatic carbocycles. The summed E-state index contributed by atoms with van der Waals surface area (Å²) < 4.78 is 0. The number of hydrogen-bond acceptors (Lipinski definition) is 3. The second-order valence-electron chi connectivity index (χ2n) is 4.50. The van der Waals surface area contributed by atoms with E-state index in [0.717, 1.165) is 24.8 Å². The quantitative estimate of drug-likeness (QED) is 0.846. The van der Waals surface area contributed by atoms with Crippen LogP contribution in [0.5, 0.6) is 0 Å². The fourth-order valence-corrected chi connectivity index (χ4v) is 2.33. The number of carbonyl (C=O) groups excluding carboxylic acids is 1. The lowest BCUT2D eigenvalue weighted by molar-refractivity contribution is -0.128. The van der Waals surface area contributed by atoms with E-state index in [2.05, 4.69) is 0 Å². The molecule has 0 spiro atoms. The van der Waals surface area contributed by atoms with Crippen molar-refractivity contribution in [2.45, 2.75) is 31.8 Å². The van der Waals surface area contributed by atoms with Gasteiger partial charge in [0.15, 0.2) is 0 Å². The zero-order chi connectivity index (χ0) is 12.3. The third kappa shape index (κ3) is 2.54. The topological polar surface area (TPSA) is 61.1 Å². The molecule has 0 aromatic heterocycles. The Balaban J connectivity index is 2.15. The van der Waals surface area contributed by atoms with Gasteiger partial charge in [0, 0.05) is 12.3 Å². The Hall–Kier alpha value is -1.66. The molecule has 0 radical (unpaired) electrons. The first-order valence-electron chi connectivity index (χ1n) is 5.93. The van der Waals surface area contributed by atoms with E-state index < -0.39 is 6.10 Å². The normalized spacial score (nSPS) is 21.9. The molecule has 1 aromatic rings. The number of hydrogen-bond donors (Lipinski definition) is 1. The van der Waals surface area contributed by atoms with Crippen LogP contribution in [0.15, 0.2) is 24.3 Å². The second-order valence-corrected chi connectivity index (χ2v) is 4.50. The average Bonchev–Trinajstić information content (AvgIpc) is 2.39. The van der Waals surface area contributed by atoms with Gasteiger partial charge in [-0.2, -0.15) is 5.26 Å². The van der Waals surface area contributed by atoms with Crippen molar-refractivity contribution in [3.05, 3.63) is 35.4 Å². The predicted octanol–water partition coefficient (Wildman–Crippen LogP) is 2.35. The lowest BCUT2D eigenvalue weighted by Gasteiger charge is -2.25. The van der Waals surface area contributed by atoms with Crippen LogP contribution in [-0.2, 0) is 4.79 Å². The standard InChI is InChI=1S/C14H15NO2/c15-9-10-5-7-11(8-6-10)14(17)12-3-1-2-4-13(12)16/h5-8,12,14,17H,1-4H2. The summed E-state index contributed by atoms with van der Waals surface area (Å²) in [5.41, 5.74) is 1.29. The van der Waals surface area contributed by atoms with Gasteiger partial charge in [0.1, 0.15) is 5.78 Å². The molecule has 1 fully saturated rings. The van der Waals surface area contributed by atoms with Crippen molar-refractivity contribution in [3.63, 3.8) is 0 Å². The van der Waals surface area contributed by atoms with Crippen LogP contribution in [-0.4, -0.2) is 10.9 Å². The summed E-state index contributed by atoms with van der Waals surface area (Å²) in [5.74, 6) is -0.107. The smallest absolute Gasteiger partial charge is 0.138 e. The molecule has 3 heteroatoms. The van der Waals surface area contributed by atoms with Crippen LogP contribution in [0.1, 0.15) is 42.9 Å². The molecule has 2 rings (SSSR count). The summed E-state index contributed by atoms with van der Waals surface area (Å²) in [6, 6.07) is 8.83. The first kappa shape index (κ1) is 11.8. The van der Waals surface area contributed by atoms with E-state index in [1.807, 2.05) is 6.07 Å². The van der Waals surface area contributed by atoms with Crippen molar-refractivity contribution < 1.29 is 9.90 Å². The Morgan fingerprint density at radius 1 is 1.29 bits per heavy atom. The lowest BCUT2D eigenvalue weighted by Crippen LogP contribution is -2.25. The van der Waals surface area contributed by atoms with E-state index in [-0.39, 0.29) is 11.7 Å². The molecule has 1 aliphatic rings. The number of aliphatic hydroxyl groups excluding tert-OH is 1. The fourth-order valence-electron chi connectivity index (χ4n) is 2.33. The number of nitriles is 1. The van der Waals surface area contributed by atoms with Crippen LogP contribution < -0.4 is 0 Å². The highest BCUT2D eigenvalue weighted by molar-refractivity contribution is 5.82. The number of aliphatic hydroxyl groups is 1. The molecule has 17 heavy (non-hydrogen) atoms. The fraction of sp³-hybridized carbons (Fsp3) is 0.429. The zero-order valence-electron chi connectivity index (χ0n) is 9.60. The molecule has 0 saturated heterocycles. The molecule has 0 heterocycles. The molecule has 1 aliphatic carbocycles. The summed E-state index contributed by atoms with van der Waals surface area (Å²) in [7, 11) is 0. The minimum Gasteiger partial charge on any atom is -0.388 e. The van der Waals surface area contributed by atoms with Gasteiger partial charge in [0.2, 0.25) is 0 Å². The van der Waals surface area contributed by atoms with Gasteiger partial charge in [-0.15, -0.1) is 0 Å². The van der Waals surface area contributed by atoms with Crippen molar-refractivity contribution in [1.82, 2.24) is 0 Å². The number of rotatable bonds is 2. The third-order valence-corrected chi connectivity index (χ3v) is 3.36. The van der Waals surface area contributed by atoms with E-state index in [4.69, 9.17) is 5.26 Å². The molecular formula is C14H15NO2. The van der Waals surface area contributed by atoms with Crippen molar-refractivity contribution >= 4 is 5.78 Å². The van der Waals surface area contributed by atoms with Crippen LogP contribution in [0.25, 0.3) is 0 Å². The van der Waals surface area contributed by atoms with Gasteiger partial charge in [-0.25, -0.2) is 0 Å². The van der Waals surface area contributed by atoms with Crippen molar-refractivity contribution in [2.24, 2.45) is 5.92 Å². The molecule has 0 aliphatic heterocycles. The highest BCUT2D eigenvalue weighted by Crippen LogP contribution is 2.32. The summed E-state index contributed by atoms with van der Waals surface area (Å²) in [6.45, 7) is 0. The maximum Gasteiger partial charge on any atom is 0.138 e. The van der Waals surface area contributed by atoms with E-state index in [9.17, 15) is 9.90 Å². The molecule has 0 bridgehead atoms. The maximum atomic E-state index is 11.7. The first-order valence-corrected chi connectivity index (χ1v) is 5.93. The largest absolute Gasteiger partial charge is 0.388 e. The van der Waals surface area contributed by atoms with Crippen molar-refractivity contribution in [3.8, 4) is 6.07 Å². The summed E-state index contributed by atoms with van der Waals surface area (Å²) >= 11 is 0. The van der Waals surface area contributed by atoms with E-state index in [1.54, 1.807) is 24.3 Å². The van der Waals surface area contributed by atoms with Gasteiger partial charge in [0.25, 0.3) is 0 Å². The number of ketones is 1. The number of benzene rings is 1. The minimum atomic E-state index is -0.726. The minimum absolute atomic E-state index is 0.160. The third-order valence-electron chi connectivity index (χ3n) is 3.36. The maximum absolute atomic E-state index is 11.7. The predicted molar refractivity (Wildman–Crippen MR) is 63.1 cm³/mol. The van der Waals surface area contributed by atoms with Gasteiger partial charge in [0.05, 0.1) is 17.7 Å². The summed E-state index contributed by atoms with van der Waals surface area (Å²) in [6.07, 6.45) is 2.56. The van der Waals surface area contributed by atoms with Crippen LogP contribution in [0.4, 0.5) is 0 Å². The van der Waals surface area contributed by atoms with Crippen LogP contribution in [0.3, 0.4) is 0 Å². The van der Waals surface area contributed by atoms with Gasteiger partial charge in [-0.3, -0.25) is 4.79 Å². The van der Waals surface area contributed by atoms with Crippen molar-refractivity contribution in [2.75, 3.05) is 0 Å². The van der Waals surface area contributed by atoms with Crippen molar-refractivity contribution in [1.29, 1.82) is 5.26 Å². The van der Waals surface area contributed by atoms with Crippen LogP contribution >= 0.6 is 0 Å². The molecule has 0 amide bonds. The molecule has 1 N–H and O–H groups in total. The van der Waals surface area contributed by atoms with E-state index in [1.165, 1.54) is 0 Å². The Morgan fingerprint density at radius 2 is 2.00 bits per heavy atom. The number of Topliss-reactive ketones (excluding diaryl/α,β-unsaturated/α-hetero) is 1. The van der Waals surface area contributed by atoms with Gasteiger partial charge in [-0.05, 0) is 30.5 Å². The monoisotopic (exact) mass is 229 g/mol. The molecule has 88 valence electrons. The van der Waals surface area contributed by atoms with E-state index >= 15 is 0 Å². The lowest BCUT2D eigenvalue weighted by atomic mass is 9.81. The van der Waals surface area contributed by atoms with E-state index in [0.29, 0.717) is 12.0 Å². The summed E-state index contributed by atoms with van der Waals surface area (Å²) in [4.78, 5) is 11.7. The molecule has 1 saturated carbocycles. The Bertz CT molecular complexity index is 444. The van der Waals surface area contributed by atoms with Gasteiger partial charge < -0.3 is 5.11 Å². The molecule has 2 atom stereocenters. The molecule has 2 unspecified atom stereocenters. The van der Waals surface area contributed by atoms with Crippen LogP contribution in [0.2, 0.25) is 0 Å². The number of nitrogens with zero attached hydrogens (tertiary/aromatic N) is 1. The summed E-state index contributed by atoms with van der Waals surface area (Å²) in [5, 5.41) is 18.9. The van der Waals surface area contributed by atoms with Gasteiger partial charge in [-0.1, -0.05) is 18.6 Å². The zero-order valence-corrected chi connectivity index (χ0v) is 9.60. The Morgan fingerprint density at radius 3 is 2.59 bits per heavy atom. The average molecular weight is 229 g/mol. The second kappa shape index (κ2) is 5.11. The first-order chi connectivity index (χ1) is 8.22. The van der Waals surface area contributed by atoms with Gasteiger partial charge >= 0.3 is 0 Å². The Kier molecular flexibility index (Phi) is 3.55. The SMILES string of the molecule is N#Cc1ccc(C(O)C2CCCCC2=O)cc1. The highest BCUT2D eigenvalue weighted by Gasteiger charge is 2.29. The van der Waals surface area contributed by atoms with Crippen LogP contribution in [0, 0.1) is 17.2 Å². The number of carbonyl (C=O) groups is 1. The highest BCUT2D eigenvalue weighted by atomic mass is 16.3. The molecule has 3 nitrogen and oxygen atoms in total.